The number of nitrogens with one attached hydrogen (secondary N) is 1. The van der Waals surface area contributed by atoms with Crippen LogP contribution in [0, 0.1) is 0 Å². The number of rotatable bonds is 5. The molecular weight excluding hydrogens is 282 g/mol. The van der Waals surface area contributed by atoms with Crippen LogP contribution in [0.2, 0.25) is 0 Å². The highest BCUT2D eigenvalue weighted by Crippen LogP contribution is 2.28. The lowest BCUT2D eigenvalue weighted by molar-refractivity contribution is 0.373. The van der Waals surface area contributed by atoms with Gasteiger partial charge < -0.3 is 9.84 Å². The molecule has 0 saturated carbocycles. The van der Waals surface area contributed by atoms with Crippen molar-refractivity contribution in [2.75, 3.05) is 11.9 Å². The number of anilines is 1. The van der Waals surface area contributed by atoms with Crippen molar-refractivity contribution in [3.8, 4) is 0 Å². The molecule has 0 aliphatic rings. The maximum atomic E-state index is 5.23. The van der Waals surface area contributed by atoms with Crippen molar-refractivity contribution in [2.24, 2.45) is 0 Å². The van der Waals surface area contributed by atoms with Crippen LogP contribution in [0.4, 0.5) is 5.13 Å². The van der Waals surface area contributed by atoms with Crippen molar-refractivity contribution in [1.29, 1.82) is 0 Å². The fourth-order valence-electron chi connectivity index (χ4n) is 1.23. The molecule has 0 aliphatic heterocycles. The van der Waals surface area contributed by atoms with Crippen LogP contribution in [0.25, 0.3) is 0 Å². The molecule has 0 aliphatic carbocycles. The van der Waals surface area contributed by atoms with Crippen molar-refractivity contribution >= 4 is 28.2 Å². The first-order valence-electron chi connectivity index (χ1n) is 6.02. The lowest BCUT2D eigenvalue weighted by Gasteiger charge is -2.10. The van der Waals surface area contributed by atoms with Gasteiger partial charge in [0, 0.05) is 12.0 Å². The van der Waals surface area contributed by atoms with Gasteiger partial charge in [-0.1, -0.05) is 49.0 Å². The topological polar surface area (TPSA) is 76.7 Å². The molecule has 19 heavy (non-hydrogen) atoms. The third kappa shape index (κ3) is 3.90. The third-order valence-corrected chi connectivity index (χ3v) is 4.19. The smallest absolute Gasteiger partial charge is 0.237 e. The summed E-state index contributed by atoms with van der Waals surface area (Å²) < 4.78 is 6.12. The molecule has 2 heterocycles. The first-order valence-corrected chi connectivity index (χ1v) is 7.82. The number of hydrogen-bond donors (Lipinski definition) is 1. The van der Waals surface area contributed by atoms with Crippen LogP contribution >= 0.6 is 23.1 Å². The molecule has 2 aromatic heterocycles. The Hall–Kier alpha value is -1.15. The van der Waals surface area contributed by atoms with E-state index in [1.54, 1.807) is 11.8 Å². The molecule has 0 bridgehead atoms. The molecule has 0 amide bonds. The van der Waals surface area contributed by atoms with Crippen molar-refractivity contribution in [3.05, 3.63) is 11.7 Å². The number of nitrogens with zero attached hydrogens (tertiary/aromatic N) is 4. The van der Waals surface area contributed by atoms with Gasteiger partial charge in [-0.15, -0.1) is 10.2 Å². The molecule has 0 unspecified atom stereocenters. The van der Waals surface area contributed by atoms with Gasteiger partial charge in [-0.3, -0.25) is 0 Å². The third-order valence-electron chi connectivity index (χ3n) is 2.19. The van der Waals surface area contributed by atoms with Gasteiger partial charge in [0.15, 0.2) is 10.2 Å². The van der Waals surface area contributed by atoms with Crippen molar-refractivity contribution in [3.63, 3.8) is 0 Å². The standard InChI is InChI=1S/C11H17N5OS2/c1-5-12-9-14-15-10(19-9)18-6-7-13-8(16-17-7)11(2,3)4/h5-6H2,1-4H3,(H,12,14). The van der Waals surface area contributed by atoms with E-state index in [1.807, 2.05) is 6.92 Å². The average Bonchev–Trinajstić information content (AvgIpc) is 2.94. The van der Waals surface area contributed by atoms with Crippen LogP contribution in [0.1, 0.15) is 39.4 Å². The minimum atomic E-state index is -0.0899. The van der Waals surface area contributed by atoms with E-state index < -0.39 is 0 Å². The summed E-state index contributed by atoms with van der Waals surface area (Å²) in [4.78, 5) is 4.38. The van der Waals surface area contributed by atoms with E-state index in [0.29, 0.717) is 11.6 Å². The minimum absolute atomic E-state index is 0.0899. The maximum Gasteiger partial charge on any atom is 0.237 e. The summed E-state index contributed by atoms with van der Waals surface area (Å²) in [5, 5.41) is 16.1. The Morgan fingerprint density at radius 1 is 1.32 bits per heavy atom. The normalized spacial score (nSPS) is 11.8. The Morgan fingerprint density at radius 3 is 2.74 bits per heavy atom. The zero-order chi connectivity index (χ0) is 13.9. The zero-order valence-corrected chi connectivity index (χ0v) is 13.1. The predicted molar refractivity (Wildman–Crippen MR) is 76.6 cm³/mol. The number of aromatic nitrogens is 4. The summed E-state index contributed by atoms with van der Waals surface area (Å²) in [6, 6.07) is 0. The Kier molecular flexibility index (Phi) is 4.41. The van der Waals surface area contributed by atoms with Crippen LogP contribution in [-0.2, 0) is 11.2 Å². The quantitative estimate of drug-likeness (QED) is 0.850. The zero-order valence-electron chi connectivity index (χ0n) is 11.4. The van der Waals surface area contributed by atoms with Crippen LogP contribution in [0.5, 0.6) is 0 Å². The lowest BCUT2D eigenvalue weighted by Crippen LogP contribution is -2.13. The first kappa shape index (κ1) is 14.3. The summed E-state index contributed by atoms with van der Waals surface area (Å²) in [6.07, 6.45) is 0. The highest BCUT2D eigenvalue weighted by Gasteiger charge is 2.21. The van der Waals surface area contributed by atoms with Crippen LogP contribution in [0.3, 0.4) is 0 Å². The monoisotopic (exact) mass is 299 g/mol. The number of hydrogen-bond acceptors (Lipinski definition) is 8. The molecule has 2 aromatic rings. The summed E-state index contributed by atoms with van der Waals surface area (Å²) in [5.74, 6) is 1.97. The minimum Gasteiger partial charge on any atom is -0.360 e. The summed E-state index contributed by atoms with van der Waals surface area (Å²) >= 11 is 3.08. The summed E-state index contributed by atoms with van der Waals surface area (Å²) in [6.45, 7) is 9.05. The van der Waals surface area contributed by atoms with E-state index in [1.165, 1.54) is 11.3 Å². The van der Waals surface area contributed by atoms with E-state index in [2.05, 4.69) is 46.4 Å². The van der Waals surface area contributed by atoms with Gasteiger partial charge in [-0.25, -0.2) is 0 Å². The molecule has 8 heteroatoms. The van der Waals surface area contributed by atoms with Crippen LogP contribution in [0.15, 0.2) is 8.86 Å². The van der Waals surface area contributed by atoms with Gasteiger partial charge in [0.1, 0.15) is 0 Å². The van der Waals surface area contributed by atoms with Crippen molar-refractivity contribution in [1.82, 2.24) is 20.3 Å². The van der Waals surface area contributed by atoms with E-state index in [9.17, 15) is 0 Å². The fraction of sp³-hybridized carbons (Fsp3) is 0.636. The number of thioether (sulfide) groups is 1. The second-order valence-electron chi connectivity index (χ2n) is 4.95. The molecular formula is C11H17N5OS2. The van der Waals surface area contributed by atoms with Gasteiger partial charge in [0.25, 0.3) is 0 Å². The predicted octanol–water partition coefficient (Wildman–Crippen LogP) is 2.94. The average molecular weight is 299 g/mol. The molecule has 6 nitrogen and oxygen atoms in total. The second-order valence-corrected chi connectivity index (χ2v) is 7.15. The lowest BCUT2D eigenvalue weighted by atomic mass is 9.96. The Morgan fingerprint density at radius 2 is 2.11 bits per heavy atom. The van der Waals surface area contributed by atoms with Gasteiger partial charge in [-0.05, 0) is 6.92 Å². The Bertz CT molecular complexity index is 531. The largest absolute Gasteiger partial charge is 0.360 e. The second kappa shape index (κ2) is 5.87. The SMILES string of the molecule is CCNc1nnc(SCc2nc(C(C)(C)C)no2)s1. The molecule has 2 rings (SSSR count). The molecule has 0 atom stereocenters. The van der Waals surface area contributed by atoms with Gasteiger partial charge in [-0.2, -0.15) is 4.98 Å². The molecule has 0 spiro atoms. The van der Waals surface area contributed by atoms with Crippen molar-refractivity contribution in [2.45, 2.75) is 43.2 Å². The van der Waals surface area contributed by atoms with Gasteiger partial charge in [0.2, 0.25) is 11.0 Å². The van der Waals surface area contributed by atoms with Gasteiger partial charge in [0.05, 0.1) is 5.75 Å². The highest BCUT2D eigenvalue weighted by molar-refractivity contribution is 8.00. The van der Waals surface area contributed by atoms with Crippen molar-refractivity contribution < 1.29 is 4.52 Å². The molecule has 104 valence electrons. The van der Waals surface area contributed by atoms with E-state index in [0.717, 1.165) is 21.8 Å². The Balaban J connectivity index is 1.93. The molecule has 0 radical (unpaired) electrons. The highest BCUT2D eigenvalue weighted by atomic mass is 32.2. The van der Waals surface area contributed by atoms with E-state index in [-0.39, 0.29) is 5.41 Å². The van der Waals surface area contributed by atoms with Gasteiger partial charge >= 0.3 is 0 Å². The molecule has 0 saturated heterocycles. The van der Waals surface area contributed by atoms with E-state index >= 15 is 0 Å². The fourth-order valence-corrected chi connectivity index (χ4v) is 2.89. The molecule has 0 fully saturated rings. The summed E-state index contributed by atoms with van der Waals surface area (Å²) in [5.41, 5.74) is -0.0899. The van der Waals surface area contributed by atoms with Crippen LogP contribution in [-0.4, -0.2) is 26.9 Å². The molecule has 1 N–H and O–H groups in total. The molecule has 0 aromatic carbocycles. The summed E-state index contributed by atoms with van der Waals surface area (Å²) in [7, 11) is 0. The Labute approximate surface area is 120 Å². The van der Waals surface area contributed by atoms with E-state index in [4.69, 9.17) is 4.52 Å². The maximum absolute atomic E-state index is 5.23. The van der Waals surface area contributed by atoms with Crippen LogP contribution < -0.4 is 5.32 Å². The first-order chi connectivity index (χ1) is 8.99.